The molecule has 0 spiro atoms. The van der Waals surface area contributed by atoms with Crippen LogP contribution in [-0.2, 0) is 13.0 Å². The van der Waals surface area contributed by atoms with Gasteiger partial charge in [-0.05, 0) is 38.6 Å². The van der Waals surface area contributed by atoms with Gasteiger partial charge in [0.25, 0.3) is 6.01 Å². The van der Waals surface area contributed by atoms with Crippen molar-refractivity contribution in [3.8, 4) is 0 Å². The number of likely N-dealkylation sites (N-methyl/N-ethyl adjacent to an activating group) is 1. The molecule has 2 aromatic heterocycles. The maximum absolute atomic E-state index is 5.54. The normalized spacial score (nSPS) is 11.8. The quantitative estimate of drug-likeness (QED) is 0.887. The Morgan fingerprint density at radius 1 is 1.40 bits per heavy atom. The van der Waals surface area contributed by atoms with Gasteiger partial charge in [0.05, 0.1) is 5.69 Å². The number of anilines is 1. The van der Waals surface area contributed by atoms with Crippen LogP contribution >= 0.6 is 11.3 Å². The van der Waals surface area contributed by atoms with E-state index < -0.39 is 0 Å². The second-order valence-electron chi connectivity index (χ2n) is 5.98. The van der Waals surface area contributed by atoms with E-state index >= 15 is 0 Å². The molecule has 5 heteroatoms. The monoisotopic (exact) mass is 293 g/mol. The number of hydrogen-bond donors (Lipinski definition) is 1. The minimum Gasteiger partial charge on any atom is -0.432 e. The third-order valence-electron chi connectivity index (χ3n) is 2.94. The van der Waals surface area contributed by atoms with Gasteiger partial charge in [-0.1, -0.05) is 6.07 Å². The molecule has 2 heterocycles. The standard InChI is InChI=1S/C15H23N3OS/c1-15(2,3)16-10-12-11-19-14(17-12)18(4)8-7-13-6-5-9-20-13/h5-6,9,11,16H,7-8,10H2,1-4H3. The smallest absolute Gasteiger partial charge is 0.297 e. The zero-order valence-electron chi connectivity index (χ0n) is 12.6. The number of thiophene rings is 1. The highest BCUT2D eigenvalue weighted by Crippen LogP contribution is 2.15. The summed E-state index contributed by atoms with van der Waals surface area (Å²) in [6, 6.07) is 4.93. The van der Waals surface area contributed by atoms with E-state index in [1.165, 1.54) is 4.88 Å². The van der Waals surface area contributed by atoms with Crippen molar-refractivity contribution in [2.24, 2.45) is 0 Å². The van der Waals surface area contributed by atoms with Gasteiger partial charge in [-0.15, -0.1) is 11.3 Å². The highest BCUT2D eigenvalue weighted by molar-refractivity contribution is 7.09. The second-order valence-corrected chi connectivity index (χ2v) is 7.01. The average molecular weight is 293 g/mol. The molecular weight excluding hydrogens is 270 g/mol. The van der Waals surface area contributed by atoms with E-state index in [4.69, 9.17) is 4.42 Å². The molecule has 110 valence electrons. The molecule has 0 aliphatic heterocycles. The van der Waals surface area contributed by atoms with Gasteiger partial charge in [0.2, 0.25) is 0 Å². The van der Waals surface area contributed by atoms with E-state index in [-0.39, 0.29) is 5.54 Å². The Hall–Kier alpha value is -1.33. The first-order chi connectivity index (χ1) is 9.44. The molecule has 0 atom stereocenters. The first-order valence-electron chi connectivity index (χ1n) is 6.87. The fraction of sp³-hybridized carbons (Fsp3) is 0.533. The van der Waals surface area contributed by atoms with Gasteiger partial charge in [0.15, 0.2) is 0 Å². The van der Waals surface area contributed by atoms with Crippen LogP contribution in [0.2, 0.25) is 0 Å². The lowest BCUT2D eigenvalue weighted by atomic mass is 10.1. The third kappa shape index (κ3) is 4.65. The van der Waals surface area contributed by atoms with Crippen molar-refractivity contribution in [3.05, 3.63) is 34.3 Å². The van der Waals surface area contributed by atoms with Crippen molar-refractivity contribution in [2.45, 2.75) is 39.3 Å². The SMILES string of the molecule is CN(CCc1cccs1)c1nc(CNC(C)(C)C)co1. The first-order valence-corrected chi connectivity index (χ1v) is 7.75. The highest BCUT2D eigenvalue weighted by atomic mass is 32.1. The molecule has 2 aromatic rings. The van der Waals surface area contributed by atoms with Crippen LogP contribution < -0.4 is 10.2 Å². The van der Waals surface area contributed by atoms with Crippen molar-refractivity contribution in [1.29, 1.82) is 0 Å². The van der Waals surface area contributed by atoms with Crippen LogP contribution in [0.3, 0.4) is 0 Å². The Morgan fingerprint density at radius 3 is 2.85 bits per heavy atom. The number of nitrogens with one attached hydrogen (secondary N) is 1. The van der Waals surface area contributed by atoms with E-state index in [0.717, 1.165) is 25.2 Å². The van der Waals surface area contributed by atoms with Gasteiger partial charge in [0, 0.05) is 30.6 Å². The van der Waals surface area contributed by atoms with Gasteiger partial charge in [-0.25, -0.2) is 0 Å². The molecule has 0 fully saturated rings. The maximum atomic E-state index is 5.54. The largest absolute Gasteiger partial charge is 0.432 e. The van der Waals surface area contributed by atoms with Crippen molar-refractivity contribution in [1.82, 2.24) is 10.3 Å². The van der Waals surface area contributed by atoms with Crippen molar-refractivity contribution >= 4 is 17.4 Å². The molecule has 0 radical (unpaired) electrons. The molecular formula is C15H23N3OS. The molecule has 0 unspecified atom stereocenters. The molecule has 0 aliphatic carbocycles. The maximum Gasteiger partial charge on any atom is 0.297 e. The Balaban J connectivity index is 1.84. The predicted octanol–water partition coefficient (Wildman–Crippen LogP) is 3.30. The Bertz CT molecular complexity index is 513. The summed E-state index contributed by atoms with van der Waals surface area (Å²) >= 11 is 1.79. The van der Waals surface area contributed by atoms with E-state index in [1.807, 2.05) is 7.05 Å². The van der Waals surface area contributed by atoms with Gasteiger partial charge < -0.3 is 14.6 Å². The van der Waals surface area contributed by atoms with E-state index in [9.17, 15) is 0 Å². The topological polar surface area (TPSA) is 41.3 Å². The number of oxazole rings is 1. The first kappa shape index (κ1) is 15.1. The number of nitrogens with zero attached hydrogens (tertiary/aromatic N) is 2. The Morgan fingerprint density at radius 2 is 2.20 bits per heavy atom. The van der Waals surface area contributed by atoms with Crippen molar-refractivity contribution in [2.75, 3.05) is 18.5 Å². The molecule has 0 aliphatic rings. The van der Waals surface area contributed by atoms with Gasteiger partial charge in [-0.2, -0.15) is 4.98 Å². The molecule has 20 heavy (non-hydrogen) atoms. The van der Waals surface area contributed by atoms with E-state index in [0.29, 0.717) is 6.01 Å². The summed E-state index contributed by atoms with van der Waals surface area (Å²) in [5, 5.41) is 5.51. The van der Waals surface area contributed by atoms with Crippen LogP contribution in [-0.4, -0.2) is 24.1 Å². The van der Waals surface area contributed by atoms with Crippen molar-refractivity contribution in [3.63, 3.8) is 0 Å². The fourth-order valence-corrected chi connectivity index (χ4v) is 2.44. The second kappa shape index (κ2) is 6.41. The fourth-order valence-electron chi connectivity index (χ4n) is 1.74. The van der Waals surface area contributed by atoms with E-state index in [1.54, 1.807) is 17.6 Å². The third-order valence-corrected chi connectivity index (χ3v) is 3.88. The van der Waals surface area contributed by atoms with Gasteiger partial charge in [-0.3, -0.25) is 0 Å². The van der Waals surface area contributed by atoms with Crippen LogP contribution in [0.5, 0.6) is 0 Å². The zero-order chi connectivity index (χ0) is 14.6. The van der Waals surface area contributed by atoms with Crippen molar-refractivity contribution < 1.29 is 4.42 Å². The predicted molar refractivity (Wildman–Crippen MR) is 84.4 cm³/mol. The minimum atomic E-state index is 0.0875. The molecule has 0 aromatic carbocycles. The van der Waals surface area contributed by atoms with Crippen LogP contribution in [0.15, 0.2) is 28.2 Å². The summed E-state index contributed by atoms with van der Waals surface area (Å²) < 4.78 is 5.54. The molecule has 0 saturated carbocycles. The molecule has 4 nitrogen and oxygen atoms in total. The summed E-state index contributed by atoms with van der Waals surface area (Å²) in [6.45, 7) is 8.06. The summed E-state index contributed by atoms with van der Waals surface area (Å²) in [5.41, 5.74) is 1.03. The summed E-state index contributed by atoms with van der Waals surface area (Å²) in [6.07, 6.45) is 2.75. The number of hydrogen-bond acceptors (Lipinski definition) is 5. The van der Waals surface area contributed by atoms with Crippen LogP contribution in [0.4, 0.5) is 6.01 Å². The molecule has 1 N–H and O–H groups in total. The zero-order valence-corrected chi connectivity index (χ0v) is 13.5. The van der Waals surface area contributed by atoms with Gasteiger partial charge >= 0.3 is 0 Å². The molecule has 2 rings (SSSR count). The average Bonchev–Trinajstić information content (AvgIpc) is 3.04. The van der Waals surface area contributed by atoms with Crippen LogP contribution in [0.1, 0.15) is 31.3 Å². The van der Waals surface area contributed by atoms with E-state index in [2.05, 4.69) is 53.5 Å². The lowest BCUT2D eigenvalue weighted by Gasteiger charge is -2.19. The minimum absolute atomic E-state index is 0.0875. The van der Waals surface area contributed by atoms with Gasteiger partial charge in [0.1, 0.15) is 6.26 Å². The van der Waals surface area contributed by atoms with Crippen LogP contribution in [0, 0.1) is 0 Å². The number of aromatic nitrogens is 1. The Kier molecular flexibility index (Phi) is 4.83. The summed E-state index contributed by atoms with van der Waals surface area (Å²) in [7, 11) is 2.01. The summed E-state index contributed by atoms with van der Waals surface area (Å²) in [5.74, 6) is 0. The van der Waals surface area contributed by atoms with Crippen LogP contribution in [0.25, 0.3) is 0 Å². The number of rotatable bonds is 6. The lowest BCUT2D eigenvalue weighted by Crippen LogP contribution is -2.35. The lowest BCUT2D eigenvalue weighted by molar-refractivity contribution is 0.421. The molecule has 0 saturated heterocycles. The Labute approximate surface area is 124 Å². The molecule has 0 amide bonds. The highest BCUT2D eigenvalue weighted by Gasteiger charge is 2.12. The summed E-state index contributed by atoms with van der Waals surface area (Å²) in [4.78, 5) is 7.96. The molecule has 0 bridgehead atoms.